The molecule has 3 heterocycles. The van der Waals surface area contributed by atoms with Crippen molar-refractivity contribution in [3.05, 3.63) is 143 Å². The minimum absolute atomic E-state index is 0.0793. The summed E-state index contributed by atoms with van der Waals surface area (Å²) in [4.78, 5) is 43.5. The molecular weight excluding hydrogens is 628 g/mol. The van der Waals surface area contributed by atoms with Crippen LogP contribution < -0.4 is 9.91 Å². The van der Waals surface area contributed by atoms with Crippen molar-refractivity contribution in [1.29, 1.82) is 0 Å². The number of carbonyl (C=O) groups excluding carboxylic acids is 3. The molecule has 0 fully saturated rings. The van der Waals surface area contributed by atoms with E-state index < -0.39 is 17.4 Å². The minimum atomic E-state index is -1.82. The van der Waals surface area contributed by atoms with Gasteiger partial charge in [0.25, 0.3) is 5.91 Å². The third-order valence-electron chi connectivity index (χ3n) is 10.1. The molecule has 0 spiro atoms. The molecule has 0 saturated heterocycles. The standard InChI is InChI=1S/C41H40N4O5/c1-28(10-9-17-38(47)43-26-32-14-6-5-13-31(32)24-34(43)27-46)41(50)35-15-7-8-16-37(35)44(40(41)49)25-29-18-20-33(21-19-29)45-39(48)23-22-36(42-45)30-11-3-2-4-12-30/h2-16,18-21,28,34,46,50H,17,22-27H2,1H3/b10-9+/t28-,34+,41+/m1/s1. The summed E-state index contributed by atoms with van der Waals surface area (Å²) in [6, 6.07) is 32.1. The quantitative estimate of drug-likeness (QED) is 0.230. The fraction of sp³-hybridized carbons (Fsp3) is 0.268. The molecule has 2 N–H and O–H groups in total. The maximum atomic E-state index is 14.1. The van der Waals surface area contributed by atoms with Gasteiger partial charge >= 0.3 is 0 Å². The van der Waals surface area contributed by atoms with Crippen molar-refractivity contribution in [3.63, 3.8) is 0 Å². The van der Waals surface area contributed by atoms with E-state index in [2.05, 4.69) is 5.10 Å². The Labute approximate surface area is 291 Å². The van der Waals surface area contributed by atoms with Gasteiger partial charge in [0.15, 0.2) is 5.60 Å². The van der Waals surface area contributed by atoms with Gasteiger partial charge in [0.05, 0.1) is 36.3 Å². The van der Waals surface area contributed by atoms with Crippen LogP contribution >= 0.6 is 0 Å². The molecule has 3 aliphatic heterocycles. The Bertz CT molecular complexity index is 1970. The number of aliphatic hydroxyl groups is 2. The number of amides is 3. The Hall–Kier alpha value is -5.38. The number of aliphatic hydroxyl groups excluding tert-OH is 1. The number of para-hydroxylation sites is 1. The van der Waals surface area contributed by atoms with Gasteiger partial charge in [-0.15, -0.1) is 0 Å². The van der Waals surface area contributed by atoms with E-state index in [1.165, 1.54) is 5.01 Å². The molecule has 0 unspecified atom stereocenters. The average Bonchev–Trinajstić information content (AvgIpc) is 3.37. The highest BCUT2D eigenvalue weighted by atomic mass is 16.3. The first-order chi connectivity index (χ1) is 24.3. The number of nitrogens with zero attached hydrogens (tertiary/aromatic N) is 4. The maximum Gasteiger partial charge on any atom is 0.264 e. The topological polar surface area (TPSA) is 114 Å². The molecule has 4 aromatic carbocycles. The third kappa shape index (κ3) is 6.14. The number of rotatable bonds is 9. The monoisotopic (exact) mass is 668 g/mol. The van der Waals surface area contributed by atoms with Crippen LogP contribution in [-0.2, 0) is 39.5 Å². The molecule has 3 aliphatic rings. The van der Waals surface area contributed by atoms with E-state index in [9.17, 15) is 24.6 Å². The highest BCUT2D eigenvalue weighted by molar-refractivity contribution is 6.09. The van der Waals surface area contributed by atoms with Gasteiger partial charge in [-0.05, 0) is 46.9 Å². The Morgan fingerprint density at radius 1 is 0.920 bits per heavy atom. The largest absolute Gasteiger partial charge is 0.394 e. The SMILES string of the molecule is C[C@H](/C=C/CC(=O)N1Cc2ccccc2C[C@H]1CO)[C@@]1(O)C(=O)N(Cc2ccc(N3N=C(c4ccccc4)CCC3=O)cc2)c2ccccc21. The fourth-order valence-electron chi connectivity index (χ4n) is 7.25. The summed E-state index contributed by atoms with van der Waals surface area (Å²) < 4.78 is 0. The lowest BCUT2D eigenvalue weighted by Gasteiger charge is -2.36. The smallest absolute Gasteiger partial charge is 0.264 e. The van der Waals surface area contributed by atoms with E-state index in [0.29, 0.717) is 42.7 Å². The zero-order valence-electron chi connectivity index (χ0n) is 28.0. The van der Waals surface area contributed by atoms with Crippen LogP contribution in [0.1, 0.15) is 54.0 Å². The number of hydrogen-bond acceptors (Lipinski definition) is 6. The van der Waals surface area contributed by atoms with E-state index in [4.69, 9.17) is 0 Å². The van der Waals surface area contributed by atoms with Crippen LogP contribution in [0.3, 0.4) is 0 Å². The maximum absolute atomic E-state index is 14.1. The summed E-state index contributed by atoms with van der Waals surface area (Å²) in [5, 5.41) is 28.2. The van der Waals surface area contributed by atoms with Crippen LogP contribution in [0.15, 0.2) is 120 Å². The average molecular weight is 669 g/mol. The lowest BCUT2D eigenvalue weighted by Crippen LogP contribution is -2.46. The van der Waals surface area contributed by atoms with Gasteiger partial charge in [0, 0.05) is 37.3 Å². The van der Waals surface area contributed by atoms with Crippen molar-refractivity contribution in [1.82, 2.24) is 4.90 Å². The molecule has 0 aliphatic carbocycles. The van der Waals surface area contributed by atoms with Crippen molar-refractivity contribution in [2.75, 3.05) is 16.5 Å². The molecule has 7 rings (SSSR count). The highest BCUT2D eigenvalue weighted by Gasteiger charge is 2.52. The van der Waals surface area contributed by atoms with Crippen LogP contribution in [0.4, 0.5) is 11.4 Å². The Balaban J connectivity index is 1.05. The van der Waals surface area contributed by atoms with E-state index >= 15 is 0 Å². The summed E-state index contributed by atoms with van der Waals surface area (Å²) >= 11 is 0. The second-order valence-electron chi connectivity index (χ2n) is 13.2. The highest BCUT2D eigenvalue weighted by Crippen LogP contribution is 2.45. The Kier molecular flexibility index (Phi) is 9.18. The molecule has 0 bridgehead atoms. The van der Waals surface area contributed by atoms with Crippen LogP contribution in [-0.4, -0.2) is 51.2 Å². The molecule has 0 aromatic heterocycles. The summed E-state index contributed by atoms with van der Waals surface area (Å²) in [7, 11) is 0. The third-order valence-corrected chi connectivity index (χ3v) is 10.1. The zero-order valence-corrected chi connectivity index (χ0v) is 28.0. The van der Waals surface area contributed by atoms with E-state index in [1.807, 2.05) is 91.0 Å². The molecule has 4 aromatic rings. The minimum Gasteiger partial charge on any atom is -0.394 e. The van der Waals surface area contributed by atoms with E-state index in [1.54, 1.807) is 41.0 Å². The van der Waals surface area contributed by atoms with Crippen LogP contribution in [0.5, 0.6) is 0 Å². The van der Waals surface area contributed by atoms with Crippen LogP contribution in [0.25, 0.3) is 0 Å². The van der Waals surface area contributed by atoms with Gasteiger partial charge < -0.3 is 20.0 Å². The van der Waals surface area contributed by atoms with Crippen LogP contribution in [0.2, 0.25) is 0 Å². The number of carbonyl (C=O) groups is 3. The number of hydrogen-bond donors (Lipinski definition) is 2. The lowest BCUT2D eigenvalue weighted by atomic mass is 9.83. The number of fused-ring (bicyclic) bond motifs is 2. The molecule has 50 heavy (non-hydrogen) atoms. The first-order valence-corrected chi connectivity index (χ1v) is 17.1. The summed E-state index contributed by atoms with van der Waals surface area (Å²) in [5.74, 6) is -1.27. The second-order valence-corrected chi connectivity index (χ2v) is 13.2. The van der Waals surface area contributed by atoms with Gasteiger partial charge in [-0.25, -0.2) is 5.01 Å². The molecule has 9 nitrogen and oxygen atoms in total. The number of anilines is 2. The van der Waals surface area contributed by atoms with Gasteiger partial charge in [-0.2, -0.15) is 5.10 Å². The summed E-state index contributed by atoms with van der Waals surface area (Å²) in [5.41, 5.74) is 4.84. The van der Waals surface area contributed by atoms with Crippen molar-refractivity contribution >= 4 is 34.8 Å². The number of benzene rings is 4. The van der Waals surface area contributed by atoms with E-state index in [0.717, 1.165) is 28.0 Å². The van der Waals surface area contributed by atoms with Crippen molar-refractivity contribution in [2.45, 2.75) is 57.3 Å². The van der Waals surface area contributed by atoms with Gasteiger partial charge in [-0.3, -0.25) is 14.4 Å². The summed E-state index contributed by atoms with van der Waals surface area (Å²) in [6.07, 6.45) is 5.08. The predicted molar refractivity (Wildman–Crippen MR) is 192 cm³/mol. The fourth-order valence-corrected chi connectivity index (χ4v) is 7.25. The Morgan fingerprint density at radius 3 is 2.38 bits per heavy atom. The first kappa shape index (κ1) is 33.1. The van der Waals surface area contributed by atoms with Crippen molar-refractivity contribution in [2.24, 2.45) is 11.0 Å². The molecule has 254 valence electrons. The second kappa shape index (κ2) is 13.9. The normalized spacial score (nSPS) is 20.9. The predicted octanol–water partition coefficient (Wildman–Crippen LogP) is 5.48. The molecule has 3 atom stereocenters. The van der Waals surface area contributed by atoms with E-state index in [-0.39, 0.29) is 37.4 Å². The molecule has 0 radical (unpaired) electrons. The zero-order chi connectivity index (χ0) is 34.8. The van der Waals surface area contributed by atoms with Gasteiger partial charge in [0.2, 0.25) is 11.8 Å². The molecule has 3 amide bonds. The lowest BCUT2D eigenvalue weighted by molar-refractivity contribution is -0.139. The molecular formula is C41H40N4O5. The first-order valence-electron chi connectivity index (χ1n) is 17.1. The molecule has 0 saturated carbocycles. The van der Waals surface area contributed by atoms with Crippen LogP contribution in [0, 0.1) is 5.92 Å². The van der Waals surface area contributed by atoms with Crippen molar-refractivity contribution < 1.29 is 24.6 Å². The van der Waals surface area contributed by atoms with Gasteiger partial charge in [0.1, 0.15) is 0 Å². The number of hydrazone groups is 1. The van der Waals surface area contributed by atoms with Crippen molar-refractivity contribution in [3.8, 4) is 0 Å². The Morgan fingerprint density at radius 2 is 1.62 bits per heavy atom. The summed E-state index contributed by atoms with van der Waals surface area (Å²) in [6.45, 7) is 2.31. The molecule has 9 heteroatoms. The van der Waals surface area contributed by atoms with Gasteiger partial charge in [-0.1, -0.05) is 104 Å².